The maximum atomic E-state index is 12.4. The third kappa shape index (κ3) is 3.32. The van der Waals surface area contributed by atoms with E-state index in [0.29, 0.717) is 5.32 Å². The molecule has 0 radical (unpaired) electrons. The summed E-state index contributed by atoms with van der Waals surface area (Å²) in [5.41, 5.74) is 0. The van der Waals surface area contributed by atoms with Crippen molar-refractivity contribution in [3.63, 3.8) is 0 Å². The molecule has 0 spiro atoms. The van der Waals surface area contributed by atoms with Gasteiger partial charge < -0.3 is 0 Å². The third-order valence-corrected chi connectivity index (χ3v) is 3.46. The molecule has 0 atom stereocenters. The van der Waals surface area contributed by atoms with Gasteiger partial charge in [-0.05, 0) is 0 Å². The predicted molar refractivity (Wildman–Crippen MR) is 44.8 cm³/mol. The van der Waals surface area contributed by atoms with Crippen LogP contribution in [0.5, 0.6) is 0 Å². The monoisotopic (exact) mass is 236 g/mol. The summed E-state index contributed by atoms with van der Waals surface area (Å²) in [6.07, 6.45) is -1.25. The van der Waals surface area contributed by atoms with Gasteiger partial charge in [0.2, 0.25) is 0 Å². The molecule has 0 aromatic heterocycles. The average molecular weight is 235 g/mol. The molecular formula is C8H9FO2Se. The Balaban J connectivity index is 2.48. The first kappa shape index (κ1) is 9.68. The van der Waals surface area contributed by atoms with E-state index >= 15 is 0 Å². The number of aliphatic hydroxyl groups is 2. The van der Waals surface area contributed by atoms with Crippen LogP contribution in [0.25, 0.3) is 0 Å². The molecule has 0 heterocycles. The quantitative estimate of drug-likeness (QED) is 0.566. The zero-order chi connectivity index (χ0) is 8.97. The van der Waals surface area contributed by atoms with Crippen molar-refractivity contribution in [2.24, 2.45) is 0 Å². The minimum atomic E-state index is -1.25. The van der Waals surface area contributed by atoms with Crippen LogP contribution in [-0.4, -0.2) is 31.5 Å². The topological polar surface area (TPSA) is 40.5 Å². The molecule has 0 aliphatic heterocycles. The van der Waals surface area contributed by atoms with Gasteiger partial charge in [-0.25, -0.2) is 0 Å². The van der Waals surface area contributed by atoms with Crippen LogP contribution < -0.4 is 4.46 Å². The number of rotatable bonds is 3. The van der Waals surface area contributed by atoms with Crippen molar-refractivity contribution >= 4 is 19.4 Å². The standard InChI is InChI=1S/C8H9FO2Se/c9-6-1-3-7(4-2-6)12-5-8(10)11/h1-4,8,10-11H,5H2. The van der Waals surface area contributed by atoms with E-state index in [1.54, 1.807) is 12.1 Å². The van der Waals surface area contributed by atoms with E-state index in [-0.39, 0.29) is 20.8 Å². The summed E-state index contributed by atoms with van der Waals surface area (Å²) < 4.78 is 13.4. The summed E-state index contributed by atoms with van der Waals surface area (Å²) in [6.45, 7) is 0. The van der Waals surface area contributed by atoms with Crippen LogP contribution in [0.3, 0.4) is 0 Å². The van der Waals surface area contributed by atoms with Gasteiger partial charge in [-0.1, -0.05) is 0 Å². The molecule has 1 aromatic carbocycles. The van der Waals surface area contributed by atoms with Crippen LogP contribution in [0, 0.1) is 5.82 Å². The number of hydrogen-bond acceptors (Lipinski definition) is 2. The van der Waals surface area contributed by atoms with Crippen LogP contribution in [0.15, 0.2) is 24.3 Å². The van der Waals surface area contributed by atoms with Crippen LogP contribution >= 0.6 is 0 Å². The number of benzene rings is 1. The Morgan fingerprint density at radius 2 is 1.83 bits per heavy atom. The number of hydrogen-bond donors (Lipinski definition) is 2. The molecule has 0 fully saturated rings. The zero-order valence-corrected chi connectivity index (χ0v) is 7.99. The van der Waals surface area contributed by atoms with Crippen LogP contribution in [0.1, 0.15) is 0 Å². The van der Waals surface area contributed by atoms with Gasteiger partial charge in [0.15, 0.2) is 0 Å². The first-order valence-corrected chi connectivity index (χ1v) is 5.50. The molecule has 4 heteroatoms. The van der Waals surface area contributed by atoms with Gasteiger partial charge in [-0.15, -0.1) is 0 Å². The van der Waals surface area contributed by atoms with Crippen molar-refractivity contribution in [1.82, 2.24) is 0 Å². The normalized spacial score (nSPS) is 10.7. The maximum absolute atomic E-state index is 12.4. The first-order chi connectivity index (χ1) is 5.68. The van der Waals surface area contributed by atoms with Gasteiger partial charge >= 0.3 is 75.7 Å². The van der Waals surface area contributed by atoms with E-state index < -0.39 is 6.29 Å². The van der Waals surface area contributed by atoms with Gasteiger partial charge in [-0.2, -0.15) is 0 Å². The van der Waals surface area contributed by atoms with Gasteiger partial charge in [0.25, 0.3) is 0 Å². The summed E-state index contributed by atoms with van der Waals surface area (Å²) in [5, 5.41) is 17.5. The predicted octanol–water partition coefficient (Wildman–Crippen LogP) is -0.116. The van der Waals surface area contributed by atoms with Crippen molar-refractivity contribution in [3.8, 4) is 0 Å². The van der Waals surface area contributed by atoms with E-state index in [0.717, 1.165) is 4.46 Å². The first-order valence-electron chi connectivity index (χ1n) is 3.43. The van der Waals surface area contributed by atoms with E-state index in [1.165, 1.54) is 12.1 Å². The number of halogens is 1. The van der Waals surface area contributed by atoms with E-state index in [2.05, 4.69) is 0 Å². The Bertz CT molecular complexity index is 235. The summed E-state index contributed by atoms with van der Waals surface area (Å²) in [4.78, 5) is 0. The molecule has 1 aromatic rings. The fourth-order valence-electron chi connectivity index (χ4n) is 0.702. The fourth-order valence-corrected chi connectivity index (χ4v) is 2.11. The van der Waals surface area contributed by atoms with Crippen molar-refractivity contribution in [2.75, 3.05) is 0 Å². The average Bonchev–Trinajstić information content (AvgIpc) is 2.03. The molecule has 1 rings (SSSR count). The molecule has 0 aliphatic rings. The van der Waals surface area contributed by atoms with E-state index in [9.17, 15) is 4.39 Å². The summed E-state index contributed by atoms with van der Waals surface area (Å²) in [6, 6.07) is 6.08. The Morgan fingerprint density at radius 1 is 1.25 bits per heavy atom. The summed E-state index contributed by atoms with van der Waals surface area (Å²) in [5.74, 6) is -0.265. The Kier molecular flexibility index (Phi) is 3.69. The molecule has 2 N–H and O–H groups in total. The van der Waals surface area contributed by atoms with Gasteiger partial charge in [0, 0.05) is 0 Å². The second-order valence-electron chi connectivity index (χ2n) is 2.25. The Hall–Kier alpha value is -0.411. The molecule has 12 heavy (non-hydrogen) atoms. The summed E-state index contributed by atoms with van der Waals surface area (Å²) >= 11 is 0.0157. The van der Waals surface area contributed by atoms with Gasteiger partial charge in [-0.3, -0.25) is 0 Å². The van der Waals surface area contributed by atoms with Gasteiger partial charge in [0.05, 0.1) is 0 Å². The van der Waals surface area contributed by atoms with Crippen LogP contribution in [0.2, 0.25) is 5.32 Å². The zero-order valence-electron chi connectivity index (χ0n) is 6.27. The van der Waals surface area contributed by atoms with Crippen molar-refractivity contribution in [2.45, 2.75) is 11.6 Å². The molecule has 66 valence electrons. The molecule has 0 bridgehead atoms. The molecule has 0 amide bonds. The van der Waals surface area contributed by atoms with Crippen LogP contribution in [-0.2, 0) is 0 Å². The molecule has 0 saturated carbocycles. The molecule has 0 unspecified atom stereocenters. The Labute approximate surface area is 76.2 Å². The number of aliphatic hydroxyl groups excluding tert-OH is 1. The molecular weight excluding hydrogens is 226 g/mol. The van der Waals surface area contributed by atoms with Crippen molar-refractivity contribution in [3.05, 3.63) is 30.1 Å². The van der Waals surface area contributed by atoms with Crippen molar-refractivity contribution in [1.29, 1.82) is 0 Å². The molecule has 2 nitrogen and oxygen atoms in total. The van der Waals surface area contributed by atoms with Crippen LogP contribution in [0.4, 0.5) is 4.39 Å². The second-order valence-corrected chi connectivity index (χ2v) is 4.54. The third-order valence-electron chi connectivity index (χ3n) is 1.21. The summed E-state index contributed by atoms with van der Waals surface area (Å²) in [7, 11) is 0. The molecule has 0 aliphatic carbocycles. The van der Waals surface area contributed by atoms with Gasteiger partial charge in [0.1, 0.15) is 0 Å². The minimum absolute atomic E-state index is 0.0157. The van der Waals surface area contributed by atoms with E-state index in [1.807, 2.05) is 0 Å². The second kappa shape index (κ2) is 4.57. The van der Waals surface area contributed by atoms with E-state index in [4.69, 9.17) is 10.2 Å². The van der Waals surface area contributed by atoms with Crippen molar-refractivity contribution < 1.29 is 14.6 Å². The molecule has 0 saturated heterocycles. The fraction of sp³-hybridized carbons (Fsp3) is 0.250. The SMILES string of the molecule is OC(O)C[Se]c1ccc(F)cc1. The Morgan fingerprint density at radius 3 is 2.33 bits per heavy atom.